The van der Waals surface area contributed by atoms with Gasteiger partial charge in [-0.05, 0) is 61.0 Å². The summed E-state index contributed by atoms with van der Waals surface area (Å²) < 4.78 is 38.1. The van der Waals surface area contributed by atoms with Crippen molar-refractivity contribution in [2.45, 2.75) is 18.4 Å². The molecule has 8 heteroatoms. The van der Waals surface area contributed by atoms with E-state index in [1.54, 1.807) is 55.6 Å². The van der Waals surface area contributed by atoms with Gasteiger partial charge in [-0.25, -0.2) is 8.42 Å². The van der Waals surface area contributed by atoms with E-state index in [1.807, 2.05) is 19.1 Å². The van der Waals surface area contributed by atoms with Crippen LogP contribution in [0.5, 0.6) is 11.5 Å². The van der Waals surface area contributed by atoms with Gasteiger partial charge in [0.1, 0.15) is 0 Å². The quantitative estimate of drug-likeness (QED) is 0.528. The lowest BCUT2D eigenvalue weighted by atomic mass is 10.1. The van der Waals surface area contributed by atoms with Crippen molar-refractivity contribution < 1.29 is 22.7 Å². The minimum Gasteiger partial charge on any atom is -0.493 e. The molecule has 0 aromatic heterocycles. The molecule has 162 valence electrons. The largest absolute Gasteiger partial charge is 0.493 e. The van der Waals surface area contributed by atoms with Gasteiger partial charge in [-0.3, -0.25) is 9.52 Å². The lowest BCUT2D eigenvalue weighted by molar-refractivity contribution is 0.0951. The van der Waals surface area contributed by atoms with Crippen LogP contribution >= 0.6 is 0 Å². The average Bonchev–Trinajstić information content (AvgIpc) is 2.79. The van der Waals surface area contributed by atoms with Gasteiger partial charge in [-0.15, -0.1) is 0 Å². The molecule has 0 spiro atoms. The Bertz CT molecular complexity index is 1130. The van der Waals surface area contributed by atoms with Crippen LogP contribution in [-0.4, -0.2) is 28.0 Å². The topological polar surface area (TPSA) is 93.7 Å². The number of carbonyl (C=O) groups is 1. The van der Waals surface area contributed by atoms with Gasteiger partial charge in [-0.2, -0.15) is 0 Å². The summed E-state index contributed by atoms with van der Waals surface area (Å²) in [7, 11) is -2.11. The number of methoxy groups -OCH3 is 1. The molecule has 3 rings (SSSR count). The summed E-state index contributed by atoms with van der Waals surface area (Å²) in [5.74, 6) is 0.975. The minimum atomic E-state index is -3.68. The predicted molar refractivity (Wildman–Crippen MR) is 119 cm³/mol. The molecule has 0 radical (unpaired) electrons. The van der Waals surface area contributed by atoms with Gasteiger partial charge in [0.05, 0.1) is 18.6 Å². The predicted octanol–water partition coefficient (Wildman–Crippen LogP) is 3.82. The molecule has 3 aromatic rings. The zero-order valence-electron chi connectivity index (χ0n) is 17.3. The van der Waals surface area contributed by atoms with E-state index in [2.05, 4.69) is 10.0 Å². The molecule has 0 atom stereocenters. The SMILES string of the molecule is CCOc1cc(CNC(=O)c2ccc(NS(=O)(=O)c3ccccc3)cc2)ccc1OC. The van der Waals surface area contributed by atoms with E-state index in [9.17, 15) is 13.2 Å². The molecule has 7 nitrogen and oxygen atoms in total. The third kappa shape index (κ3) is 5.76. The summed E-state index contributed by atoms with van der Waals surface area (Å²) in [6.07, 6.45) is 0. The lowest BCUT2D eigenvalue weighted by Crippen LogP contribution is -2.22. The van der Waals surface area contributed by atoms with Crippen LogP contribution in [0.2, 0.25) is 0 Å². The number of amides is 1. The van der Waals surface area contributed by atoms with E-state index < -0.39 is 10.0 Å². The molecule has 0 fully saturated rings. The third-order valence-electron chi connectivity index (χ3n) is 4.43. The second-order valence-electron chi connectivity index (χ2n) is 6.60. The van der Waals surface area contributed by atoms with Crippen molar-refractivity contribution in [1.29, 1.82) is 0 Å². The molecule has 0 aliphatic carbocycles. The number of sulfonamides is 1. The molecule has 0 saturated carbocycles. The number of hydrogen-bond acceptors (Lipinski definition) is 5. The smallest absolute Gasteiger partial charge is 0.261 e. The summed E-state index contributed by atoms with van der Waals surface area (Å²) in [5.41, 5.74) is 1.66. The highest BCUT2D eigenvalue weighted by Crippen LogP contribution is 2.28. The van der Waals surface area contributed by atoms with Crippen molar-refractivity contribution >= 4 is 21.6 Å². The Balaban J connectivity index is 1.62. The van der Waals surface area contributed by atoms with Gasteiger partial charge in [0, 0.05) is 17.8 Å². The molecule has 0 saturated heterocycles. The fraction of sp³-hybridized carbons (Fsp3) is 0.174. The molecule has 1 amide bonds. The molecule has 0 bridgehead atoms. The van der Waals surface area contributed by atoms with E-state index in [0.717, 1.165) is 5.56 Å². The summed E-state index contributed by atoms with van der Waals surface area (Å²) >= 11 is 0. The number of hydrogen-bond donors (Lipinski definition) is 2. The molecule has 3 aromatic carbocycles. The van der Waals surface area contributed by atoms with Gasteiger partial charge < -0.3 is 14.8 Å². The van der Waals surface area contributed by atoms with Gasteiger partial charge in [-0.1, -0.05) is 24.3 Å². The Morgan fingerprint density at radius 3 is 2.29 bits per heavy atom. The Hall–Kier alpha value is -3.52. The van der Waals surface area contributed by atoms with Crippen molar-refractivity contribution in [1.82, 2.24) is 5.32 Å². The maximum absolute atomic E-state index is 12.5. The molecule has 31 heavy (non-hydrogen) atoms. The summed E-state index contributed by atoms with van der Waals surface area (Å²) in [4.78, 5) is 12.6. The zero-order chi connectivity index (χ0) is 22.3. The number of carbonyl (C=O) groups excluding carboxylic acids is 1. The van der Waals surface area contributed by atoms with E-state index in [1.165, 1.54) is 12.1 Å². The van der Waals surface area contributed by atoms with E-state index >= 15 is 0 Å². The first-order valence-electron chi connectivity index (χ1n) is 9.69. The molecular formula is C23H24N2O5S. The Morgan fingerprint density at radius 1 is 0.935 bits per heavy atom. The Labute approximate surface area is 182 Å². The number of ether oxygens (including phenoxy) is 2. The highest BCUT2D eigenvalue weighted by Gasteiger charge is 2.14. The van der Waals surface area contributed by atoms with Crippen molar-refractivity contribution in [2.75, 3.05) is 18.4 Å². The minimum absolute atomic E-state index is 0.169. The number of nitrogens with one attached hydrogen (secondary N) is 2. The summed E-state index contributed by atoms with van der Waals surface area (Å²) in [6.45, 7) is 2.70. The average molecular weight is 441 g/mol. The zero-order valence-corrected chi connectivity index (χ0v) is 18.1. The molecule has 0 heterocycles. The van der Waals surface area contributed by atoms with Crippen molar-refractivity contribution in [2.24, 2.45) is 0 Å². The standard InChI is InChI=1S/C23H24N2O5S/c1-3-30-22-15-17(9-14-21(22)29-2)16-24-23(26)18-10-12-19(13-11-18)25-31(27,28)20-7-5-4-6-8-20/h4-15,25H,3,16H2,1-2H3,(H,24,26). The van der Waals surface area contributed by atoms with Crippen molar-refractivity contribution in [3.05, 3.63) is 83.9 Å². The second kappa shape index (κ2) is 9.99. The van der Waals surface area contributed by atoms with Crippen LogP contribution in [0, 0.1) is 0 Å². The first-order valence-corrected chi connectivity index (χ1v) is 11.2. The number of anilines is 1. The highest BCUT2D eigenvalue weighted by molar-refractivity contribution is 7.92. The van der Waals surface area contributed by atoms with Crippen molar-refractivity contribution in [3.63, 3.8) is 0 Å². The fourth-order valence-corrected chi connectivity index (χ4v) is 3.97. The van der Waals surface area contributed by atoms with Crippen LogP contribution < -0.4 is 19.5 Å². The van der Waals surface area contributed by atoms with Crippen LogP contribution in [0.15, 0.2) is 77.7 Å². The van der Waals surface area contributed by atoms with E-state index in [-0.39, 0.29) is 10.8 Å². The number of benzene rings is 3. The first kappa shape index (κ1) is 22.2. The summed E-state index contributed by atoms with van der Waals surface area (Å²) in [6, 6.07) is 19.8. The molecule has 0 aliphatic rings. The van der Waals surface area contributed by atoms with Crippen LogP contribution in [0.4, 0.5) is 5.69 Å². The maximum Gasteiger partial charge on any atom is 0.261 e. The molecular weight excluding hydrogens is 416 g/mol. The normalized spacial score (nSPS) is 10.9. The van der Waals surface area contributed by atoms with Gasteiger partial charge in [0.25, 0.3) is 15.9 Å². The second-order valence-corrected chi connectivity index (χ2v) is 8.28. The molecule has 2 N–H and O–H groups in total. The van der Waals surface area contributed by atoms with E-state index in [0.29, 0.717) is 35.9 Å². The van der Waals surface area contributed by atoms with Gasteiger partial charge in [0.15, 0.2) is 11.5 Å². The number of rotatable bonds is 9. The lowest BCUT2D eigenvalue weighted by Gasteiger charge is -2.12. The summed E-state index contributed by atoms with van der Waals surface area (Å²) in [5, 5.41) is 2.84. The van der Waals surface area contributed by atoms with Gasteiger partial charge in [0.2, 0.25) is 0 Å². The van der Waals surface area contributed by atoms with E-state index in [4.69, 9.17) is 9.47 Å². The fourth-order valence-electron chi connectivity index (χ4n) is 2.89. The highest BCUT2D eigenvalue weighted by atomic mass is 32.2. The third-order valence-corrected chi connectivity index (χ3v) is 5.83. The monoisotopic (exact) mass is 440 g/mol. The van der Waals surface area contributed by atoms with Crippen LogP contribution in [0.25, 0.3) is 0 Å². The van der Waals surface area contributed by atoms with Crippen LogP contribution in [0.3, 0.4) is 0 Å². The van der Waals surface area contributed by atoms with Crippen LogP contribution in [0.1, 0.15) is 22.8 Å². The van der Waals surface area contributed by atoms with Gasteiger partial charge >= 0.3 is 0 Å². The Morgan fingerprint density at radius 2 is 1.65 bits per heavy atom. The van der Waals surface area contributed by atoms with Crippen molar-refractivity contribution in [3.8, 4) is 11.5 Å². The molecule has 0 unspecified atom stereocenters. The first-order chi connectivity index (χ1) is 14.9. The Kier molecular flexibility index (Phi) is 7.15. The maximum atomic E-state index is 12.5. The van der Waals surface area contributed by atoms with Crippen LogP contribution in [-0.2, 0) is 16.6 Å². The molecule has 0 aliphatic heterocycles.